The molecule has 2 heterocycles. The summed E-state index contributed by atoms with van der Waals surface area (Å²) in [5, 5.41) is 5.39. The Morgan fingerprint density at radius 2 is 2.12 bits per heavy atom. The Morgan fingerprint density at radius 1 is 1.18 bits per heavy atom. The van der Waals surface area contributed by atoms with Gasteiger partial charge >= 0.3 is 0 Å². The van der Waals surface area contributed by atoms with Crippen LogP contribution in [0.3, 0.4) is 0 Å². The minimum atomic E-state index is 0.802. The molecule has 0 amide bonds. The number of pyridine rings is 1. The van der Waals surface area contributed by atoms with Gasteiger partial charge in [0.25, 0.3) is 0 Å². The van der Waals surface area contributed by atoms with Gasteiger partial charge < -0.3 is 0 Å². The average Bonchev–Trinajstić information content (AvgIpc) is 2.82. The van der Waals surface area contributed by atoms with Crippen LogP contribution in [-0.4, -0.2) is 14.8 Å². The molecule has 0 fully saturated rings. The van der Waals surface area contributed by atoms with Crippen molar-refractivity contribution in [2.24, 2.45) is 0 Å². The molecule has 3 heteroatoms. The van der Waals surface area contributed by atoms with Gasteiger partial charge in [0, 0.05) is 23.5 Å². The average molecular weight is 223 g/mol. The molecule has 0 saturated heterocycles. The second-order valence-electron chi connectivity index (χ2n) is 4.18. The third-order valence-corrected chi connectivity index (χ3v) is 2.80. The van der Waals surface area contributed by atoms with E-state index < -0.39 is 0 Å². The highest BCUT2D eigenvalue weighted by Crippen LogP contribution is 2.15. The highest BCUT2D eigenvalue weighted by atomic mass is 15.3. The van der Waals surface area contributed by atoms with Gasteiger partial charge in [0.15, 0.2) is 0 Å². The monoisotopic (exact) mass is 223 g/mol. The molecule has 1 aromatic carbocycles. The van der Waals surface area contributed by atoms with Crippen LogP contribution in [0.5, 0.6) is 0 Å². The number of fused-ring (bicyclic) bond motifs is 1. The van der Waals surface area contributed by atoms with Gasteiger partial charge in [-0.15, -0.1) is 0 Å². The summed E-state index contributed by atoms with van der Waals surface area (Å²) in [6.45, 7) is 2.81. The van der Waals surface area contributed by atoms with Gasteiger partial charge in [-0.2, -0.15) is 5.10 Å². The van der Waals surface area contributed by atoms with Gasteiger partial charge in [0.2, 0.25) is 0 Å². The van der Waals surface area contributed by atoms with Crippen LogP contribution in [0.25, 0.3) is 10.9 Å². The fraction of sp³-hybridized carbons (Fsp3) is 0.143. The maximum atomic E-state index is 4.49. The number of rotatable bonds is 2. The number of hydrogen-bond acceptors (Lipinski definition) is 2. The highest BCUT2D eigenvalue weighted by molar-refractivity contribution is 5.79. The summed E-state index contributed by atoms with van der Waals surface area (Å²) in [6.07, 6.45) is 3.77. The largest absolute Gasteiger partial charge is 0.268 e. The Kier molecular flexibility index (Phi) is 2.37. The third-order valence-electron chi connectivity index (χ3n) is 2.80. The van der Waals surface area contributed by atoms with E-state index in [1.807, 2.05) is 29.9 Å². The van der Waals surface area contributed by atoms with Crippen LogP contribution in [0, 0.1) is 6.92 Å². The van der Waals surface area contributed by atoms with Crippen LogP contribution in [0.1, 0.15) is 11.3 Å². The van der Waals surface area contributed by atoms with E-state index in [9.17, 15) is 0 Å². The summed E-state index contributed by atoms with van der Waals surface area (Å²) in [5.74, 6) is 0. The van der Waals surface area contributed by atoms with E-state index in [4.69, 9.17) is 0 Å². The zero-order valence-electron chi connectivity index (χ0n) is 9.67. The van der Waals surface area contributed by atoms with Crippen molar-refractivity contribution in [1.82, 2.24) is 14.8 Å². The van der Waals surface area contributed by atoms with Crippen molar-refractivity contribution in [2.45, 2.75) is 13.5 Å². The van der Waals surface area contributed by atoms with Crippen LogP contribution in [0.4, 0.5) is 0 Å². The lowest BCUT2D eigenvalue weighted by atomic mass is 10.1. The van der Waals surface area contributed by atoms with Crippen LogP contribution < -0.4 is 0 Å². The predicted octanol–water partition coefficient (Wildman–Crippen LogP) is 2.79. The lowest BCUT2D eigenvalue weighted by Gasteiger charge is -2.04. The van der Waals surface area contributed by atoms with E-state index in [0.717, 1.165) is 17.8 Å². The lowest BCUT2D eigenvalue weighted by molar-refractivity contribution is 0.687. The fourth-order valence-electron chi connectivity index (χ4n) is 1.96. The van der Waals surface area contributed by atoms with E-state index in [1.54, 1.807) is 6.20 Å². The molecule has 0 N–H and O–H groups in total. The summed E-state index contributed by atoms with van der Waals surface area (Å²) in [7, 11) is 0. The molecule has 3 aromatic rings. The molecule has 0 aliphatic rings. The summed E-state index contributed by atoms with van der Waals surface area (Å²) in [6, 6.07) is 12.4. The number of hydrogen-bond donors (Lipinski definition) is 0. The smallest absolute Gasteiger partial charge is 0.0705 e. The Hall–Kier alpha value is -2.16. The molecule has 0 atom stereocenters. The zero-order valence-corrected chi connectivity index (χ0v) is 9.67. The standard InChI is InChI=1S/C14H13N3/c1-11-3-5-13-9-12(4-6-14(13)16-11)10-17-8-2-7-15-17/h2-9H,10H2,1H3. The summed E-state index contributed by atoms with van der Waals surface area (Å²) in [4.78, 5) is 4.49. The first-order valence-corrected chi connectivity index (χ1v) is 5.65. The van der Waals surface area contributed by atoms with Crippen molar-refractivity contribution in [3.8, 4) is 0 Å². The van der Waals surface area contributed by atoms with Crippen molar-refractivity contribution in [3.05, 3.63) is 60.0 Å². The fourth-order valence-corrected chi connectivity index (χ4v) is 1.96. The molecule has 0 spiro atoms. The van der Waals surface area contributed by atoms with Gasteiger partial charge in [-0.05, 0) is 36.8 Å². The molecule has 2 aromatic heterocycles. The predicted molar refractivity (Wildman–Crippen MR) is 67.8 cm³/mol. The molecule has 0 aliphatic carbocycles. The first kappa shape index (κ1) is 10.0. The number of aryl methyl sites for hydroxylation is 1. The van der Waals surface area contributed by atoms with Crippen LogP contribution in [-0.2, 0) is 6.54 Å². The molecule has 0 saturated carbocycles. The van der Waals surface area contributed by atoms with E-state index in [-0.39, 0.29) is 0 Å². The molecule has 3 rings (SSSR count). The highest BCUT2D eigenvalue weighted by Gasteiger charge is 1.99. The van der Waals surface area contributed by atoms with Gasteiger partial charge in [0.05, 0.1) is 12.1 Å². The summed E-state index contributed by atoms with van der Waals surface area (Å²) >= 11 is 0. The van der Waals surface area contributed by atoms with Gasteiger partial charge in [-0.25, -0.2) is 0 Å². The number of benzene rings is 1. The molecular weight excluding hydrogens is 210 g/mol. The van der Waals surface area contributed by atoms with Crippen molar-refractivity contribution >= 4 is 10.9 Å². The van der Waals surface area contributed by atoms with Crippen LogP contribution in [0.15, 0.2) is 48.8 Å². The molecular formula is C14H13N3. The summed E-state index contributed by atoms with van der Waals surface area (Å²) in [5.41, 5.74) is 3.35. The maximum Gasteiger partial charge on any atom is 0.0705 e. The van der Waals surface area contributed by atoms with Gasteiger partial charge in [-0.1, -0.05) is 12.1 Å². The molecule has 84 valence electrons. The molecule has 0 unspecified atom stereocenters. The molecule has 3 nitrogen and oxygen atoms in total. The summed E-state index contributed by atoms with van der Waals surface area (Å²) < 4.78 is 1.92. The Bertz CT molecular complexity index is 642. The quantitative estimate of drug-likeness (QED) is 0.668. The maximum absolute atomic E-state index is 4.49. The van der Waals surface area contributed by atoms with Crippen molar-refractivity contribution in [2.75, 3.05) is 0 Å². The topological polar surface area (TPSA) is 30.7 Å². The number of aromatic nitrogens is 3. The van der Waals surface area contributed by atoms with Crippen LogP contribution in [0.2, 0.25) is 0 Å². The molecule has 0 radical (unpaired) electrons. The Labute approximate surface area is 99.7 Å². The first-order chi connectivity index (χ1) is 8.31. The van der Waals surface area contributed by atoms with Gasteiger partial charge in [0.1, 0.15) is 0 Å². The van der Waals surface area contributed by atoms with E-state index in [0.29, 0.717) is 0 Å². The van der Waals surface area contributed by atoms with Gasteiger partial charge in [-0.3, -0.25) is 9.67 Å². The Balaban J connectivity index is 1.99. The van der Waals surface area contributed by atoms with E-state index in [1.165, 1.54) is 10.9 Å². The minimum absolute atomic E-state index is 0.802. The van der Waals surface area contributed by atoms with E-state index in [2.05, 4.69) is 34.3 Å². The minimum Gasteiger partial charge on any atom is -0.268 e. The molecule has 0 aliphatic heterocycles. The van der Waals surface area contributed by atoms with Crippen molar-refractivity contribution in [1.29, 1.82) is 0 Å². The zero-order chi connectivity index (χ0) is 11.7. The second-order valence-corrected chi connectivity index (χ2v) is 4.18. The SMILES string of the molecule is Cc1ccc2cc(Cn3cccn3)ccc2n1. The first-order valence-electron chi connectivity index (χ1n) is 5.65. The van der Waals surface area contributed by atoms with Crippen LogP contribution >= 0.6 is 0 Å². The van der Waals surface area contributed by atoms with Crippen molar-refractivity contribution < 1.29 is 0 Å². The lowest BCUT2D eigenvalue weighted by Crippen LogP contribution is -1.99. The normalized spacial score (nSPS) is 10.9. The van der Waals surface area contributed by atoms with Crippen molar-refractivity contribution in [3.63, 3.8) is 0 Å². The van der Waals surface area contributed by atoms with E-state index >= 15 is 0 Å². The third kappa shape index (κ3) is 2.04. The Morgan fingerprint density at radius 3 is 2.94 bits per heavy atom. The molecule has 0 bridgehead atoms. The number of nitrogens with zero attached hydrogens (tertiary/aromatic N) is 3. The second kappa shape index (κ2) is 4.01. The molecule has 17 heavy (non-hydrogen) atoms.